The van der Waals surface area contributed by atoms with Crippen LogP contribution in [-0.2, 0) is 0 Å². The Bertz CT molecular complexity index is 3240. The molecule has 0 aliphatic rings. The molecule has 0 bridgehead atoms. The standard InChI is InChI=1S/C53H33N3O/c1-3-17-34(18-4-1)38-23-7-8-25-40(38)49-43-28-11-9-26-41(43)48(42-27-10-12-29-44(42)49)36-21-15-22-37(33-36)52-54-51(35-19-5-2-6-20-35)55-53(56-52)46-31-16-30-45-39-24-13-14-32-47(39)57-50(45)46/h1-33H. The Kier molecular flexibility index (Phi) is 7.78. The molecule has 9 aromatic carbocycles. The van der Waals surface area contributed by atoms with Gasteiger partial charge in [-0.15, -0.1) is 0 Å². The van der Waals surface area contributed by atoms with E-state index in [1.54, 1.807) is 0 Å². The van der Waals surface area contributed by atoms with Crippen molar-refractivity contribution in [3.8, 4) is 67.5 Å². The summed E-state index contributed by atoms with van der Waals surface area (Å²) in [6.45, 7) is 0. The summed E-state index contributed by atoms with van der Waals surface area (Å²) in [5, 5.41) is 6.86. The Hall–Kier alpha value is -7.69. The largest absolute Gasteiger partial charge is 0.455 e. The van der Waals surface area contributed by atoms with Gasteiger partial charge in [-0.3, -0.25) is 0 Å². The quantitative estimate of drug-likeness (QED) is 0.160. The van der Waals surface area contributed by atoms with Gasteiger partial charge in [0.2, 0.25) is 0 Å². The molecule has 0 aliphatic heterocycles. The van der Waals surface area contributed by atoms with Gasteiger partial charge in [-0.2, -0.15) is 0 Å². The van der Waals surface area contributed by atoms with Crippen LogP contribution in [0.1, 0.15) is 0 Å². The first-order chi connectivity index (χ1) is 28.3. The fraction of sp³-hybridized carbons (Fsp3) is 0. The van der Waals surface area contributed by atoms with Gasteiger partial charge in [-0.1, -0.05) is 182 Å². The van der Waals surface area contributed by atoms with Crippen molar-refractivity contribution in [1.29, 1.82) is 0 Å². The first-order valence-corrected chi connectivity index (χ1v) is 19.2. The number of benzene rings is 9. The number of furan rings is 1. The molecule has 0 saturated heterocycles. The summed E-state index contributed by atoms with van der Waals surface area (Å²) in [5.41, 5.74) is 11.3. The van der Waals surface area contributed by atoms with E-state index in [4.69, 9.17) is 19.4 Å². The number of hydrogen-bond donors (Lipinski definition) is 0. The van der Waals surface area contributed by atoms with Crippen LogP contribution in [0.5, 0.6) is 0 Å². The van der Waals surface area contributed by atoms with Crippen molar-refractivity contribution in [3.05, 3.63) is 200 Å². The van der Waals surface area contributed by atoms with Gasteiger partial charge in [0, 0.05) is 21.9 Å². The van der Waals surface area contributed by atoms with E-state index >= 15 is 0 Å². The Morgan fingerprint density at radius 2 is 0.737 bits per heavy atom. The molecule has 0 radical (unpaired) electrons. The van der Waals surface area contributed by atoms with Gasteiger partial charge in [0.15, 0.2) is 17.5 Å². The maximum absolute atomic E-state index is 6.46. The predicted molar refractivity (Wildman–Crippen MR) is 235 cm³/mol. The van der Waals surface area contributed by atoms with Crippen LogP contribution in [0, 0.1) is 0 Å². The molecule has 0 fully saturated rings. The van der Waals surface area contributed by atoms with Gasteiger partial charge in [0.05, 0.1) is 5.56 Å². The van der Waals surface area contributed by atoms with E-state index in [9.17, 15) is 0 Å². The van der Waals surface area contributed by atoms with Crippen molar-refractivity contribution >= 4 is 43.5 Å². The molecular formula is C53H33N3O. The van der Waals surface area contributed by atoms with Crippen LogP contribution in [0.2, 0.25) is 0 Å². The monoisotopic (exact) mass is 727 g/mol. The molecule has 11 rings (SSSR count). The van der Waals surface area contributed by atoms with Crippen molar-refractivity contribution in [1.82, 2.24) is 15.0 Å². The summed E-state index contributed by atoms with van der Waals surface area (Å²) < 4.78 is 6.46. The average molecular weight is 728 g/mol. The highest BCUT2D eigenvalue weighted by Crippen LogP contribution is 2.46. The maximum atomic E-state index is 6.46. The molecule has 57 heavy (non-hydrogen) atoms. The van der Waals surface area contributed by atoms with Crippen LogP contribution in [-0.4, -0.2) is 15.0 Å². The van der Waals surface area contributed by atoms with E-state index in [1.165, 1.54) is 49.4 Å². The maximum Gasteiger partial charge on any atom is 0.167 e. The van der Waals surface area contributed by atoms with E-state index in [-0.39, 0.29) is 0 Å². The summed E-state index contributed by atoms with van der Waals surface area (Å²) >= 11 is 0. The summed E-state index contributed by atoms with van der Waals surface area (Å²) in [5.74, 6) is 1.76. The summed E-state index contributed by atoms with van der Waals surface area (Å²) in [6.07, 6.45) is 0. The second-order valence-electron chi connectivity index (χ2n) is 14.3. The van der Waals surface area contributed by atoms with Gasteiger partial charge in [-0.05, 0) is 73.1 Å². The normalized spacial score (nSPS) is 11.5. The molecule has 0 saturated carbocycles. The third-order valence-electron chi connectivity index (χ3n) is 10.9. The van der Waals surface area contributed by atoms with Crippen molar-refractivity contribution in [2.24, 2.45) is 0 Å². The second kappa shape index (κ2) is 13.6. The lowest BCUT2D eigenvalue weighted by Gasteiger charge is -2.20. The topological polar surface area (TPSA) is 51.8 Å². The first kappa shape index (κ1) is 32.7. The molecule has 0 amide bonds. The fourth-order valence-electron chi connectivity index (χ4n) is 8.38. The molecule has 0 N–H and O–H groups in total. The SMILES string of the molecule is c1ccc(-c2nc(-c3cccc(-c4c5ccccc5c(-c5ccccc5-c5ccccc5)c5ccccc45)c3)nc(-c3cccc4c3oc3ccccc34)n2)cc1. The number of para-hydroxylation sites is 2. The molecule has 4 heteroatoms. The van der Waals surface area contributed by atoms with E-state index in [2.05, 4.69) is 140 Å². The van der Waals surface area contributed by atoms with Crippen molar-refractivity contribution in [2.75, 3.05) is 0 Å². The Balaban J connectivity index is 1.13. The molecule has 4 nitrogen and oxygen atoms in total. The third-order valence-corrected chi connectivity index (χ3v) is 10.9. The highest BCUT2D eigenvalue weighted by molar-refractivity contribution is 6.22. The van der Waals surface area contributed by atoms with Crippen LogP contribution < -0.4 is 0 Å². The predicted octanol–water partition coefficient (Wildman–Crippen LogP) is 14.1. The van der Waals surface area contributed by atoms with Crippen molar-refractivity contribution in [2.45, 2.75) is 0 Å². The lowest BCUT2D eigenvalue weighted by molar-refractivity contribution is 0.669. The Morgan fingerprint density at radius 1 is 0.281 bits per heavy atom. The number of nitrogens with zero attached hydrogens (tertiary/aromatic N) is 3. The molecular weight excluding hydrogens is 695 g/mol. The number of rotatable bonds is 6. The minimum atomic E-state index is 0.561. The minimum Gasteiger partial charge on any atom is -0.455 e. The van der Waals surface area contributed by atoms with Crippen molar-refractivity contribution < 1.29 is 4.42 Å². The van der Waals surface area contributed by atoms with Crippen LogP contribution in [0.25, 0.3) is 111 Å². The van der Waals surface area contributed by atoms with Gasteiger partial charge < -0.3 is 4.42 Å². The van der Waals surface area contributed by atoms with Gasteiger partial charge in [0.1, 0.15) is 11.2 Å². The minimum absolute atomic E-state index is 0.561. The Labute approximate surface area is 329 Å². The molecule has 0 atom stereocenters. The van der Waals surface area contributed by atoms with Gasteiger partial charge in [0.25, 0.3) is 0 Å². The molecule has 2 aromatic heterocycles. The smallest absolute Gasteiger partial charge is 0.167 e. The van der Waals surface area contributed by atoms with Crippen molar-refractivity contribution in [3.63, 3.8) is 0 Å². The summed E-state index contributed by atoms with van der Waals surface area (Å²) in [7, 11) is 0. The number of hydrogen-bond acceptors (Lipinski definition) is 4. The zero-order valence-electron chi connectivity index (χ0n) is 30.8. The summed E-state index contributed by atoms with van der Waals surface area (Å²) in [6, 6.07) is 70.0. The third kappa shape index (κ3) is 5.58. The molecule has 0 aliphatic carbocycles. The van der Waals surface area contributed by atoms with Gasteiger partial charge >= 0.3 is 0 Å². The highest BCUT2D eigenvalue weighted by atomic mass is 16.3. The fourth-order valence-corrected chi connectivity index (χ4v) is 8.38. The lowest BCUT2D eigenvalue weighted by atomic mass is 9.83. The molecule has 11 aromatic rings. The number of fused-ring (bicyclic) bond motifs is 5. The van der Waals surface area contributed by atoms with Crippen LogP contribution in [0.4, 0.5) is 0 Å². The van der Waals surface area contributed by atoms with E-state index in [1.807, 2.05) is 60.7 Å². The summed E-state index contributed by atoms with van der Waals surface area (Å²) in [4.78, 5) is 15.4. The molecule has 2 heterocycles. The highest BCUT2D eigenvalue weighted by Gasteiger charge is 2.21. The molecule has 0 spiro atoms. The lowest BCUT2D eigenvalue weighted by Crippen LogP contribution is -2.00. The number of aromatic nitrogens is 3. The zero-order valence-corrected chi connectivity index (χ0v) is 30.8. The molecule has 266 valence electrons. The zero-order chi connectivity index (χ0) is 37.7. The Morgan fingerprint density at radius 3 is 1.44 bits per heavy atom. The first-order valence-electron chi connectivity index (χ1n) is 19.2. The molecule has 0 unspecified atom stereocenters. The average Bonchev–Trinajstić information content (AvgIpc) is 3.68. The van der Waals surface area contributed by atoms with Crippen LogP contribution in [0.3, 0.4) is 0 Å². The van der Waals surface area contributed by atoms with Crippen LogP contribution >= 0.6 is 0 Å². The van der Waals surface area contributed by atoms with E-state index < -0.39 is 0 Å². The second-order valence-corrected chi connectivity index (χ2v) is 14.3. The van der Waals surface area contributed by atoms with E-state index in [0.717, 1.165) is 44.2 Å². The van der Waals surface area contributed by atoms with E-state index in [0.29, 0.717) is 17.5 Å². The van der Waals surface area contributed by atoms with Gasteiger partial charge in [-0.25, -0.2) is 15.0 Å². The van der Waals surface area contributed by atoms with Crippen LogP contribution in [0.15, 0.2) is 205 Å².